The van der Waals surface area contributed by atoms with E-state index >= 15 is 0 Å². The maximum absolute atomic E-state index is 13.8. The van der Waals surface area contributed by atoms with Gasteiger partial charge < -0.3 is 14.8 Å². The van der Waals surface area contributed by atoms with Gasteiger partial charge in [0.05, 0.1) is 17.6 Å². The van der Waals surface area contributed by atoms with E-state index in [0.717, 1.165) is 49.3 Å². The minimum Gasteiger partial charge on any atom is -0.490 e. The molecule has 224 valence electrons. The minimum absolute atomic E-state index is 0.0177. The predicted molar refractivity (Wildman–Crippen MR) is 169 cm³/mol. The smallest absolute Gasteiger partial charge is 0.267 e. The van der Waals surface area contributed by atoms with E-state index in [1.54, 1.807) is 6.07 Å². The zero-order chi connectivity index (χ0) is 29.5. The fourth-order valence-corrected chi connectivity index (χ4v) is 7.20. The lowest BCUT2D eigenvalue weighted by Gasteiger charge is -2.31. The molecule has 0 radical (unpaired) electrons. The Balaban J connectivity index is 1.35. The Kier molecular flexibility index (Phi) is 10.6. The van der Waals surface area contributed by atoms with Gasteiger partial charge in [-0.1, -0.05) is 54.5 Å². The van der Waals surface area contributed by atoms with Gasteiger partial charge >= 0.3 is 0 Å². The Morgan fingerprint density at radius 1 is 1.05 bits per heavy atom. The highest BCUT2D eigenvalue weighted by molar-refractivity contribution is 9.10. The fraction of sp³-hybridized carbons (Fsp3) is 0.469. The number of anilines is 1. The molecular weight excluding hydrogens is 621 g/mol. The third-order valence-electron chi connectivity index (χ3n) is 7.78. The molecule has 0 bridgehead atoms. The molecule has 2 amide bonds. The Labute approximate surface area is 259 Å². The maximum atomic E-state index is 13.8. The van der Waals surface area contributed by atoms with Crippen molar-refractivity contribution in [3.05, 3.63) is 57.2 Å². The van der Waals surface area contributed by atoms with Crippen LogP contribution in [0.5, 0.6) is 11.5 Å². The predicted octanol–water partition coefficient (Wildman–Crippen LogP) is 7.94. The highest BCUT2D eigenvalue weighted by Gasteiger charge is 2.39. The molecule has 1 N–H and O–H groups in total. The molecule has 42 heavy (non-hydrogen) atoms. The zero-order valence-electron chi connectivity index (χ0n) is 23.9. The summed E-state index contributed by atoms with van der Waals surface area (Å²) < 4.78 is 25.5. The molecule has 2 saturated carbocycles. The van der Waals surface area contributed by atoms with Crippen molar-refractivity contribution < 1.29 is 23.5 Å². The Bertz CT molecular complexity index is 1340. The Morgan fingerprint density at radius 2 is 1.71 bits per heavy atom. The first-order valence-electron chi connectivity index (χ1n) is 14.9. The first-order valence-corrected chi connectivity index (χ1v) is 16.5. The van der Waals surface area contributed by atoms with E-state index in [2.05, 4.69) is 21.2 Å². The summed E-state index contributed by atoms with van der Waals surface area (Å²) in [6, 6.07) is 9.59. The van der Waals surface area contributed by atoms with Crippen molar-refractivity contribution >= 4 is 56.4 Å². The molecule has 3 aliphatic rings. The van der Waals surface area contributed by atoms with Crippen LogP contribution >= 0.6 is 27.7 Å². The number of aliphatic imine (C=N–C) groups is 1. The lowest BCUT2D eigenvalue weighted by Crippen LogP contribution is -2.41. The first-order chi connectivity index (χ1) is 20.4. The largest absolute Gasteiger partial charge is 0.490 e. The lowest BCUT2D eigenvalue weighted by atomic mass is 9.94. The van der Waals surface area contributed by atoms with E-state index in [1.807, 2.05) is 24.0 Å². The molecule has 10 heteroatoms. The molecule has 0 aromatic heterocycles. The zero-order valence-corrected chi connectivity index (χ0v) is 26.3. The number of thioether (sulfide) groups is 1. The summed E-state index contributed by atoms with van der Waals surface area (Å²) in [5.41, 5.74) is 1.26. The van der Waals surface area contributed by atoms with Crippen molar-refractivity contribution in [3.8, 4) is 11.5 Å². The summed E-state index contributed by atoms with van der Waals surface area (Å²) >= 11 is 5.11. The number of amidine groups is 1. The second-order valence-corrected chi connectivity index (χ2v) is 12.7. The summed E-state index contributed by atoms with van der Waals surface area (Å²) in [4.78, 5) is 34.0. The number of carbonyl (C=O) groups excluding carboxylic acids is 2. The number of rotatable bonds is 9. The van der Waals surface area contributed by atoms with E-state index < -0.39 is 0 Å². The fourth-order valence-electron chi connectivity index (χ4n) is 5.66. The topological polar surface area (TPSA) is 80.2 Å². The minimum atomic E-state index is -0.382. The number of hydrogen-bond acceptors (Lipinski definition) is 6. The van der Waals surface area contributed by atoms with E-state index in [1.165, 1.54) is 61.7 Å². The third-order valence-corrected chi connectivity index (χ3v) is 9.46. The van der Waals surface area contributed by atoms with Crippen molar-refractivity contribution in [2.45, 2.75) is 83.2 Å². The molecule has 1 aliphatic heterocycles. The van der Waals surface area contributed by atoms with E-state index in [9.17, 15) is 14.0 Å². The van der Waals surface area contributed by atoms with Crippen LogP contribution in [0.2, 0.25) is 0 Å². The monoisotopic (exact) mass is 657 g/mol. The van der Waals surface area contributed by atoms with Gasteiger partial charge in [0, 0.05) is 16.2 Å². The van der Waals surface area contributed by atoms with Gasteiger partial charge in [-0.25, -0.2) is 4.39 Å². The van der Waals surface area contributed by atoms with Gasteiger partial charge in [0.25, 0.3) is 11.8 Å². The average molecular weight is 659 g/mol. The van der Waals surface area contributed by atoms with Gasteiger partial charge in [0.15, 0.2) is 23.3 Å². The number of carbonyl (C=O) groups is 2. The highest BCUT2D eigenvalue weighted by atomic mass is 79.9. The molecule has 3 fully saturated rings. The molecule has 1 heterocycles. The molecule has 1 saturated heterocycles. The third kappa shape index (κ3) is 7.75. The van der Waals surface area contributed by atoms with Crippen LogP contribution in [0.15, 0.2) is 50.8 Å². The maximum Gasteiger partial charge on any atom is 0.267 e. The van der Waals surface area contributed by atoms with Crippen molar-refractivity contribution in [3.63, 3.8) is 0 Å². The Hall–Kier alpha value is -2.85. The van der Waals surface area contributed by atoms with Crippen molar-refractivity contribution in [2.24, 2.45) is 4.99 Å². The summed E-state index contributed by atoms with van der Waals surface area (Å²) in [5, 5.41) is 3.53. The van der Waals surface area contributed by atoms with Crippen LogP contribution in [0.3, 0.4) is 0 Å². The number of ether oxygens (including phenoxy) is 2. The molecule has 0 spiro atoms. The van der Waals surface area contributed by atoms with Gasteiger partial charge in [-0.15, -0.1) is 0 Å². The molecule has 0 atom stereocenters. The molecule has 2 aromatic carbocycles. The van der Waals surface area contributed by atoms with Crippen LogP contribution in [-0.2, 0) is 9.59 Å². The average Bonchev–Trinajstić information content (AvgIpc) is 3.30. The molecule has 5 rings (SSSR count). The second kappa shape index (κ2) is 14.6. The number of nitrogens with zero attached hydrogens (tertiary/aromatic N) is 2. The molecule has 7 nitrogen and oxygen atoms in total. The van der Waals surface area contributed by atoms with Gasteiger partial charge in [-0.2, -0.15) is 0 Å². The van der Waals surface area contributed by atoms with Gasteiger partial charge in [0.1, 0.15) is 5.82 Å². The molecule has 2 aromatic rings. The standard InChI is InChI=1S/C32H37BrFN3O4S/c1-2-40-27-17-21(26(33)19-28(27)41-20-30(38)35-24-15-13-22(34)14-16-24)18-29-31(39)37(25-11-7-4-8-12-25)32(42-29)36-23-9-5-3-6-10-23/h13-19,23,25H,2-12,20H2,1H3,(H,35,38). The van der Waals surface area contributed by atoms with Crippen LogP contribution in [0.25, 0.3) is 6.08 Å². The van der Waals surface area contributed by atoms with Crippen LogP contribution in [0, 0.1) is 5.82 Å². The van der Waals surface area contributed by atoms with Crippen molar-refractivity contribution in [1.29, 1.82) is 0 Å². The Morgan fingerprint density at radius 3 is 2.40 bits per heavy atom. The second-order valence-electron chi connectivity index (χ2n) is 10.9. The number of benzene rings is 2. The lowest BCUT2D eigenvalue weighted by molar-refractivity contribution is -0.124. The SMILES string of the molecule is CCOc1cc(C=C2SC(=NC3CCCCC3)N(C3CCCCC3)C2=O)c(Br)cc1OCC(=O)Nc1ccc(F)cc1. The summed E-state index contributed by atoms with van der Waals surface area (Å²) in [5.74, 6) is 0.125. The number of halogens is 2. The normalized spacial score (nSPS) is 20.4. The molecule has 0 unspecified atom stereocenters. The van der Waals surface area contributed by atoms with E-state index in [-0.39, 0.29) is 36.3 Å². The molecule has 2 aliphatic carbocycles. The highest BCUT2D eigenvalue weighted by Crippen LogP contribution is 2.41. The van der Waals surface area contributed by atoms with Crippen LogP contribution in [0.4, 0.5) is 10.1 Å². The summed E-state index contributed by atoms with van der Waals surface area (Å²) in [6.45, 7) is 2.02. The first kappa shape index (κ1) is 30.6. The quantitative estimate of drug-likeness (QED) is 0.277. The number of nitrogens with one attached hydrogen (secondary N) is 1. The van der Waals surface area contributed by atoms with Crippen molar-refractivity contribution in [2.75, 3.05) is 18.5 Å². The number of hydrogen-bond donors (Lipinski definition) is 1. The summed E-state index contributed by atoms with van der Waals surface area (Å²) in [7, 11) is 0. The van der Waals surface area contributed by atoms with Crippen LogP contribution in [0.1, 0.15) is 76.7 Å². The van der Waals surface area contributed by atoms with Gasteiger partial charge in [0.2, 0.25) is 0 Å². The van der Waals surface area contributed by atoms with Crippen LogP contribution in [-0.4, -0.2) is 47.2 Å². The van der Waals surface area contributed by atoms with E-state index in [4.69, 9.17) is 14.5 Å². The van der Waals surface area contributed by atoms with Gasteiger partial charge in [-0.05, 0) is 92.4 Å². The van der Waals surface area contributed by atoms with Crippen molar-refractivity contribution in [1.82, 2.24) is 4.90 Å². The van der Waals surface area contributed by atoms with E-state index in [0.29, 0.717) is 33.2 Å². The summed E-state index contributed by atoms with van der Waals surface area (Å²) in [6.07, 6.45) is 13.3. The molecular formula is C32H37BrFN3O4S. The van der Waals surface area contributed by atoms with Crippen LogP contribution < -0.4 is 14.8 Å². The van der Waals surface area contributed by atoms with Gasteiger partial charge in [-0.3, -0.25) is 19.5 Å². The number of amides is 2.